The molecule has 9 heteroatoms. The standard InChI is InChI=1S/C24H32N4O4Si/c1-5-32-22(29)20-21(27-28(26-20)17-31-15-16-33(2,3)4)24(23(25)30)13-11-19(12-14-24)18-9-7-6-8-10-18/h6-13H,5,14-17H2,1-4H3,(H2,25,30). The highest BCUT2D eigenvalue weighted by Gasteiger charge is 2.43. The first-order valence-electron chi connectivity index (χ1n) is 11.1. The first-order valence-corrected chi connectivity index (χ1v) is 14.8. The van der Waals surface area contributed by atoms with Crippen molar-refractivity contribution < 1.29 is 19.1 Å². The molecule has 1 aromatic heterocycles. The van der Waals surface area contributed by atoms with E-state index in [4.69, 9.17) is 15.2 Å². The van der Waals surface area contributed by atoms with Crippen LogP contribution in [0.5, 0.6) is 0 Å². The van der Waals surface area contributed by atoms with Gasteiger partial charge < -0.3 is 15.2 Å². The summed E-state index contributed by atoms with van der Waals surface area (Å²) in [7, 11) is -1.24. The number of amides is 1. The summed E-state index contributed by atoms with van der Waals surface area (Å²) in [5, 5.41) is 8.77. The molecule has 0 radical (unpaired) electrons. The Morgan fingerprint density at radius 3 is 2.48 bits per heavy atom. The largest absolute Gasteiger partial charge is 0.461 e. The van der Waals surface area contributed by atoms with Gasteiger partial charge in [0, 0.05) is 14.7 Å². The van der Waals surface area contributed by atoms with Crippen molar-refractivity contribution in [1.29, 1.82) is 0 Å². The molecule has 1 aliphatic carbocycles. The Bertz CT molecular complexity index is 1060. The highest BCUT2D eigenvalue weighted by molar-refractivity contribution is 6.76. The van der Waals surface area contributed by atoms with E-state index in [-0.39, 0.29) is 31.1 Å². The van der Waals surface area contributed by atoms with Gasteiger partial charge >= 0.3 is 5.97 Å². The number of benzene rings is 1. The molecule has 176 valence electrons. The van der Waals surface area contributed by atoms with Crippen LogP contribution >= 0.6 is 0 Å². The van der Waals surface area contributed by atoms with E-state index < -0.39 is 25.4 Å². The molecule has 3 rings (SSSR count). The summed E-state index contributed by atoms with van der Waals surface area (Å²) in [6.07, 6.45) is 5.73. The normalized spacial score (nSPS) is 18.1. The predicted octanol–water partition coefficient (Wildman–Crippen LogP) is 3.53. The number of nitrogens with zero attached hydrogens (tertiary/aromatic N) is 3. The van der Waals surface area contributed by atoms with Crippen molar-refractivity contribution >= 4 is 25.5 Å². The number of hydrogen-bond donors (Lipinski definition) is 1. The van der Waals surface area contributed by atoms with Crippen molar-refractivity contribution in [3.63, 3.8) is 0 Å². The van der Waals surface area contributed by atoms with Gasteiger partial charge in [-0.2, -0.15) is 9.90 Å². The van der Waals surface area contributed by atoms with Crippen molar-refractivity contribution in [3.8, 4) is 0 Å². The van der Waals surface area contributed by atoms with Gasteiger partial charge in [-0.1, -0.05) is 68.2 Å². The van der Waals surface area contributed by atoms with E-state index in [9.17, 15) is 9.59 Å². The van der Waals surface area contributed by atoms with E-state index in [1.807, 2.05) is 42.5 Å². The molecule has 1 atom stereocenters. The van der Waals surface area contributed by atoms with E-state index in [2.05, 4.69) is 29.8 Å². The van der Waals surface area contributed by atoms with Crippen LogP contribution in [0.2, 0.25) is 25.7 Å². The molecule has 0 aliphatic heterocycles. The molecule has 0 saturated heterocycles. The first kappa shape index (κ1) is 24.6. The Balaban J connectivity index is 1.91. The number of allylic oxidation sites excluding steroid dienone is 3. The van der Waals surface area contributed by atoms with Gasteiger partial charge in [-0.25, -0.2) is 4.79 Å². The van der Waals surface area contributed by atoms with Gasteiger partial charge in [0.05, 0.1) is 6.61 Å². The molecule has 1 heterocycles. The zero-order valence-electron chi connectivity index (χ0n) is 19.7. The number of esters is 1. The summed E-state index contributed by atoms with van der Waals surface area (Å²) < 4.78 is 10.9. The van der Waals surface area contributed by atoms with Crippen LogP contribution in [0.3, 0.4) is 0 Å². The Hall–Kier alpha value is -3.04. The monoisotopic (exact) mass is 468 g/mol. The third-order valence-corrected chi connectivity index (χ3v) is 7.19. The molecule has 1 aromatic carbocycles. The Labute approximate surface area is 195 Å². The smallest absolute Gasteiger partial charge is 0.360 e. The topological polar surface area (TPSA) is 109 Å². The van der Waals surface area contributed by atoms with E-state index >= 15 is 0 Å². The van der Waals surface area contributed by atoms with Crippen molar-refractivity contribution in [2.45, 2.75) is 51.2 Å². The summed E-state index contributed by atoms with van der Waals surface area (Å²) in [5.74, 6) is -1.26. The number of carbonyl (C=O) groups is 2. The molecule has 0 fully saturated rings. The molecular weight excluding hydrogens is 436 g/mol. The predicted molar refractivity (Wildman–Crippen MR) is 129 cm³/mol. The average molecular weight is 469 g/mol. The lowest BCUT2D eigenvalue weighted by molar-refractivity contribution is -0.122. The summed E-state index contributed by atoms with van der Waals surface area (Å²) in [6.45, 7) is 9.33. The van der Waals surface area contributed by atoms with Gasteiger partial charge in [0.2, 0.25) is 5.91 Å². The van der Waals surface area contributed by atoms with Gasteiger partial charge in [0.1, 0.15) is 11.1 Å². The van der Waals surface area contributed by atoms with E-state index in [0.717, 1.165) is 17.2 Å². The van der Waals surface area contributed by atoms with E-state index in [1.54, 1.807) is 13.0 Å². The average Bonchev–Trinajstić information content (AvgIpc) is 3.22. The van der Waals surface area contributed by atoms with Gasteiger partial charge in [0.25, 0.3) is 0 Å². The maximum atomic E-state index is 12.7. The highest BCUT2D eigenvalue weighted by Crippen LogP contribution is 2.37. The second-order valence-electron chi connectivity index (χ2n) is 9.24. The number of carbonyl (C=O) groups excluding carboxylic acids is 2. The Morgan fingerprint density at radius 1 is 1.18 bits per heavy atom. The fourth-order valence-electron chi connectivity index (χ4n) is 3.53. The summed E-state index contributed by atoms with van der Waals surface area (Å²) in [5.41, 5.74) is 6.71. The van der Waals surface area contributed by atoms with Crippen LogP contribution in [-0.4, -0.2) is 48.2 Å². The number of nitrogens with two attached hydrogens (primary N) is 1. The van der Waals surface area contributed by atoms with Crippen LogP contribution in [-0.2, 0) is 26.4 Å². The van der Waals surface area contributed by atoms with Gasteiger partial charge in [-0.15, -0.1) is 5.10 Å². The second kappa shape index (κ2) is 10.3. The fraction of sp³-hybridized carbons (Fsp3) is 0.417. The number of ether oxygens (including phenoxy) is 2. The van der Waals surface area contributed by atoms with Crippen LogP contribution < -0.4 is 5.73 Å². The summed E-state index contributed by atoms with van der Waals surface area (Å²) in [4.78, 5) is 26.7. The van der Waals surface area contributed by atoms with Crippen LogP contribution in [0.25, 0.3) is 5.57 Å². The van der Waals surface area contributed by atoms with E-state index in [0.29, 0.717) is 6.61 Å². The molecule has 33 heavy (non-hydrogen) atoms. The fourth-order valence-corrected chi connectivity index (χ4v) is 4.28. The summed E-state index contributed by atoms with van der Waals surface area (Å²) in [6, 6.07) is 10.8. The lowest BCUT2D eigenvalue weighted by Crippen LogP contribution is -2.41. The zero-order chi connectivity index (χ0) is 24.1. The lowest BCUT2D eigenvalue weighted by Gasteiger charge is -2.27. The Kier molecular flexibility index (Phi) is 7.65. The molecule has 1 amide bonds. The number of rotatable bonds is 10. The number of hydrogen-bond acceptors (Lipinski definition) is 6. The minimum Gasteiger partial charge on any atom is -0.461 e. The molecule has 8 nitrogen and oxygen atoms in total. The third kappa shape index (κ3) is 5.85. The molecular formula is C24H32N4O4Si. The quantitative estimate of drug-likeness (QED) is 0.324. The van der Waals surface area contributed by atoms with Gasteiger partial charge in [-0.05, 0) is 30.5 Å². The first-order chi connectivity index (χ1) is 15.7. The van der Waals surface area contributed by atoms with Crippen molar-refractivity contribution in [3.05, 3.63) is 65.5 Å². The molecule has 0 saturated carbocycles. The zero-order valence-corrected chi connectivity index (χ0v) is 20.7. The minimum absolute atomic E-state index is 0.0225. The van der Waals surface area contributed by atoms with E-state index in [1.165, 1.54) is 4.80 Å². The second-order valence-corrected chi connectivity index (χ2v) is 14.9. The molecule has 2 aromatic rings. The molecule has 1 aliphatic rings. The maximum absolute atomic E-state index is 12.7. The van der Waals surface area contributed by atoms with Gasteiger partial charge in [-0.3, -0.25) is 4.79 Å². The molecule has 0 spiro atoms. The number of primary amides is 1. The van der Waals surface area contributed by atoms with Gasteiger partial charge in [0.15, 0.2) is 12.4 Å². The van der Waals surface area contributed by atoms with Crippen LogP contribution in [0.15, 0.2) is 48.6 Å². The third-order valence-electron chi connectivity index (χ3n) is 5.49. The molecule has 2 N–H and O–H groups in total. The SMILES string of the molecule is CCOC(=O)c1nn(COCC[Si](C)(C)C)nc1C1(C(N)=O)C=CC(c2ccccc2)=CC1. The maximum Gasteiger partial charge on any atom is 0.360 e. The summed E-state index contributed by atoms with van der Waals surface area (Å²) >= 11 is 0. The van der Waals surface area contributed by atoms with Crippen molar-refractivity contribution in [2.75, 3.05) is 13.2 Å². The van der Waals surface area contributed by atoms with Crippen molar-refractivity contribution in [2.24, 2.45) is 5.73 Å². The van der Waals surface area contributed by atoms with Crippen LogP contribution in [0, 0.1) is 0 Å². The number of aromatic nitrogens is 3. The molecule has 0 bridgehead atoms. The minimum atomic E-state index is -1.31. The van der Waals surface area contributed by atoms with Crippen molar-refractivity contribution in [1.82, 2.24) is 15.0 Å². The Morgan fingerprint density at radius 2 is 1.91 bits per heavy atom. The highest BCUT2D eigenvalue weighted by atomic mass is 28.3. The van der Waals surface area contributed by atoms with Crippen LogP contribution in [0.1, 0.15) is 35.1 Å². The van der Waals surface area contributed by atoms with Crippen LogP contribution in [0.4, 0.5) is 0 Å². The molecule has 1 unspecified atom stereocenters. The lowest BCUT2D eigenvalue weighted by atomic mass is 9.75.